The average molecular weight is 364 g/mol. The van der Waals surface area contributed by atoms with Gasteiger partial charge >= 0.3 is 0 Å². The van der Waals surface area contributed by atoms with Gasteiger partial charge in [-0.3, -0.25) is 0 Å². The number of hydrogen-bond acceptors (Lipinski definition) is 1. The Balaban J connectivity index is 1.90. The topological polar surface area (TPSA) is 17.8 Å². The van der Waals surface area contributed by atoms with Crippen molar-refractivity contribution in [1.82, 2.24) is 9.55 Å². The van der Waals surface area contributed by atoms with Crippen LogP contribution < -0.4 is 0 Å². The Hall–Kier alpha value is -2.93. The molecule has 2 aromatic heterocycles. The largest absolute Gasteiger partial charge is 0.303 e. The van der Waals surface area contributed by atoms with Crippen molar-refractivity contribution < 1.29 is 8.78 Å². The lowest BCUT2D eigenvalue weighted by atomic mass is 10.0. The molecule has 2 nitrogen and oxygen atoms in total. The van der Waals surface area contributed by atoms with Crippen molar-refractivity contribution in [2.75, 3.05) is 0 Å². The van der Waals surface area contributed by atoms with E-state index in [0.29, 0.717) is 24.0 Å². The molecule has 0 saturated heterocycles. The zero-order valence-corrected chi connectivity index (χ0v) is 16.0. The highest BCUT2D eigenvalue weighted by atomic mass is 19.2. The highest BCUT2D eigenvalue weighted by molar-refractivity contribution is 5.39. The second-order valence-corrected chi connectivity index (χ2v) is 6.75. The maximum absolute atomic E-state index is 14.2. The van der Waals surface area contributed by atoms with E-state index in [9.17, 15) is 8.78 Å². The van der Waals surface area contributed by atoms with Crippen LogP contribution in [-0.4, -0.2) is 9.55 Å². The summed E-state index contributed by atoms with van der Waals surface area (Å²) in [5, 5.41) is 0. The van der Waals surface area contributed by atoms with Gasteiger partial charge in [-0.1, -0.05) is 5.92 Å². The molecule has 0 aliphatic rings. The average Bonchev–Trinajstić information content (AvgIpc) is 2.95. The van der Waals surface area contributed by atoms with E-state index in [-0.39, 0.29) is 0 Å². The first-order valence-electron chi connectivity index (χ1n) is 8.92. The molecule has 1 aromatic carbocycles. The molecular formula is C23H22F2N2. The molecule has 0 bridgehead atoms. The quantitative estimate of drug-likeness (QED) is 0.580. The Bertz CT molecular complexity index is 1030. The summed E-state index contributed by atoms with van der Waals surface area (Å²) in [6.07, 6.45) is 0.884. The molecule has 2 heterocycles. The minimum absolute atomic E-state index is 0.325. The smallest absolute Gasteiger partial charge is 0.162 e. The van der Waals surface area contributed by atoms with Crippen LogP contribution in [0.15, 0.2) is 36.4 Å². The zero-order chi connectivity index (χ0) is 19.6. The summed E-state index contributed by atoms with van der Waals surface area (Å²) in [6.45, 7) is 7.76. The Morgan fingerprint density at radius 1 is 0.963 bits per heavy atom. The number of nitrogens with zero attached hydrogens (tertiary/aromatic N) is 2. The molecule has 27 heavy (non-hydrogen) atoms. The van der Waals surface area contributed by atoms with E-state index in [1.807, 2.05) is 32.9 Å². The molecule has 0 N–H and O–H groups in total. The lowest BCUT2D eigenvalue weighted by Crippen LogP contribution is -2.06. The van der Waals surface area contributed by atoms with E-state index >= 15 is 0 Å². The lowest BCUT2D eigenvalue weighted by Gasteiger charge is -2.12. The van der Waals surface area contributed by atoms with Crippen molar-refractivity contribution in [3.8, 4) is 17.7 Å². The van der Waals surface area contributed by atoms with Crippen molar-refractivity contribution in [1.29, 1.82) is 0 Å². The second kappa shape index (κ2) is 7.75. The van der Waals surface area contributed by atoms with Gasteiger partial charge in [0.05, 0.1) is 0 Å². The minimum atomic E-state index is -0.860. The molecule has 0 radical (unpaired) electrons. The molecule has 0 saturated carbocycles. The number of pyridine rings is 1. The Morgan fingerprint density at radius 2 is 1.67 bits per heavy atom. The van der Waals surface area contributed by atoms with Crippen molar-refractivity contribution in [2.45, 2.75) is 40.5 Å². The van der Waals surface area contributed by atoms with Gasteiger partial charge in [0, 0.05) is 22.6 Å². The number of rotatable bonds is 4. The van der Waals surface area contributed by atoms with Crippen LogP contribution in [0.3, 0.4) is 0 Å². The number of aromatic nitrogens is 2. The molecule has 0 amide bonds. The fraction of sp³-hybridized carbons (Fsp3) is 0.261. The summed E-state index contributed by atoms with van der Waals surface area (Å²) < 4.78 is 30.1. The molecule has 138 valence electrons. The first kappa shape index (κ1) is 18.8. The van der Waals surface area contributed by atoms with Gasteiger partial charge in [0.25, 0.3) is 0 Å². The van der Waals surface area contributed by atoms with E-state index in [1.54, 1.807) is 13.0 Å². The summed E-state index contributed by atoms with van der Waals surface area (Å²) in [4.78, 5) is 4.74. The number of benzene rings is 1. The summed E-state index contributed by atoms with van der Waals surface area (Å²) in [5.74, 6) is 4.69. The molecule has 0 aliphatic carbocycles. The lowest BCUT2D eigenvalue weighted by molar-refractivity contribution is 0.498. The summed E-state index contributed by atoms with van der Waals surface area (Å²) in [7, 11) is 0. The van der Waals surface area contributed by atoms with Crippen molar-refractivity contribution in [3.05, 3.63) is 81.8 Å². The summed E-state index contributed by atoms with van der Waals surface area (Å²) in [6, 6.07) is 10.9. The fourth-order valence-corrected chi connectivity index (χ4v) is 3.30. The zero-order valence-electron chi connectivity index (χ0n) is 16.0. The van der Waals surface area contributed by atoms with Crippen LogP contribution in [0, 0.1) is 44.2 Å². The number of aryl methyl sites for hydroxylation is 5. The molecule has 4 heteroatoms. The summed E-state index contributed by atoms with van der Waals surface area (Å²) in [5.41, 5.74) is 4.96. The molecule has 0 unspecified atom stereocenters. The molecule has 0 atom stereocenters. The maximum atomic E-state index is 14.2. The number of hydrogen-bond donors (Lipinski definition) is 0. The molecule has 0 fully saturated rings. The second-order valence-electron chi connectivity index (χ2n) is 6.75. The maximum Gasteiger partial charge on any atom is 0.162 e. The van der Waals surface area contributed by atoms with Gasteiger partial charge in [0.15, 0.2) is 11.6 Å². The highest BCUT2D eigenvalue weighted by Crippen LogP contribution is 2.20. The third-order valence-corrected chi connectivity index (χ3v) is 4.53. The van der Waals surface area contributed by atoms with Crippen molar-refractivity contribution in [2.24, 2.45) is 0 Å². The normalized spacial score (nSPS) is 10.6. The Morgan fingerprint density at radius 3 is 2.33 bits per heavy atom. The summed E-state index contributed by atoms with van der Waals surface area (Å²) >= 11 is 0. The predicted molar refractivity (Wildman–Crippen MR) is 104 cm³/mol. The van der Waals surface area contributed by atoms with Gasteiger partial charge in [0.1, 0.15) is 5.82 Å². The van der Waals surface area contributed by atoms with Crippen LogP contribution >= 0.6 is 0 Å². The molecule has 0 aliphatic heterocycles. The van der Waals surface area contributed by atoms with Gasteiger partial charge in [-0.2, -0.15) is 0 Å². The van der Waals surface area contributed by atoms with E-state index in [0.717, 1.165) is 34.5 Å². The van der Waals surface area contributed by atoms with Crippen LogP contribution in [0.25, 0.3) is 5.82 Å². The number of halogens is 2. The SMILES string of the molecule is CC#Cc1cc(F)c(F)c(CCc2cc(C)cc(-n3c(C)ccc3C)n2)c1. The predicted octanol–water partition coefficient (Wildman–Crippen LogP) is 5.23. The third kappa shape index (κ3) is 4.09. The minimum Gasteiger partial charge on any atom is -0.303 e. The van der Waals surface area contributed by atoms with Crippen LogP contribution in [0.2, 0.25) is 0 Å². The van der Waals surface area contributed by atoms with Crippen LogP contribution in [0.5, 0.6) is 0 Å². The standard InChI is InChI=1S/C23H22F2N2/c1-5-6-18-13-19(23(25)21(24)14-18)9-10-20-11-15(2)12-22(26-20)27-16(3)7-8-17(27)4/h7-8,11-14H,9-10H2,1-4H3. The van der Waals surface area contributed by atoms with Crippen LogP contribution in [0.1, 0.15) is 40.7 Å². The van der Waals surface area contributed by atoms with Gasteiger partial charge in [-0.15, -0.1) is 5.92 Å². The van der Waals surface area contributed by atoms with Crippen LogP contribution in [-0.2, 0) is 12.8 Å². The first-order valence-corrected chi connectivity index (χ1v) is 8.92. The van der Waals surface area contributed by atoms with Gasteiger partial charge in [-0.05, 0) is 88.1 Å². The van der Waals surface area contributed by atoms with Crippen LogP contribution in [0.4, 0.5) is 8.78 Å². The molecule has 3 rings (SSSR count). The van der Waals surface area contributed by atoms with Gasteiger partial charge in [-0.25, -0.2) is 13.8 Å². The highest BCUT2D eigenvalue weighted by Gasteiger charge is 2.12. The van der Waals surface area contributed by atoms with Gasteiger partial charge in [0.2, 0.25) is 0 Å². The van der Waals surface area contributed by atoms with Crippen molar-refractivity contribution >= 4 is 0 Å². The Labute approximate surface area is 158 Å². The van der Waals surface area contributed by atoms with Crippen molar-refractivity contribution in [3.63, 3.8) is 0 Å². The third-order valence-electron chi connectivity index (χ3n) is 4.53. The molecule has 0 spiro atoms. The first-order chi connectivity index (χ1) is 12.9. The Kier molecular flexibility index (Phi) is 5.41. The molecule has 3 aromatic rings. The van der Waals surface area contributed by atoms with Gasteiger partial charge < -0.3 is 4.57 Å². The van der Waals surface area contributed by atoms with E-state index in [1.165, 1.54) is 0 Å². The monoisotopic (exact) mass is 364 g/mol. The van der Waals surface area contributed by atoms with E-state index in [4.69, 9.17) is 4.98 Å². The van der Waals surface area contributed by atoms with E-state index < -0.39 is 11.6 Å². The van der Waals surface area contributed by atoms with E-state index in [2.05, 4.69) is 28.5 Å². The fourth-order valence-electron chi connectivity index (χ4n) is 3.30. The molecular weight excluding hydrogens is 342 g/mol.